The molecule has 1 fully saturated rings. The van der Waals surface area contributed by atoms with Crippen LogP contribution in [0, 0.1) is 11.8 Å². The van der Waals surface area contributed by atoms with Gasteiger partial charge in [-0.1, -0.05) is 12.8 Å². The van der Waals surface area contributed by atoms with Crippen LogP contribution in [0.3, 0.4) is 0 Å². The third kappa shape index (κ3) is 2.11. The number of hydrogen-bond donors (Lipinski definition) is 0. The summed E-state index contributed by atoms with van der Waals surface area (Å²) >= 11 is 0. The Kier molecular flexibility index (Phi) is 3.56. The van der Waals surface area contributed by atoms with Crippen LogP contribution in [0.4, 0.5) is 0 Å². The molecule has 0 aromatic carbocycles. The van der Waals surface area contributed by atoms with Crippen molar-refractivity contribution in [3.63, 3.8) is 0 Å². The smallest absolute Gasteiger partial charge is 0.339 e. The van der Waals surface area contributed by atoms with Crippen LogP contribution in [0.1, 0.15) is 53.4 Å². The summed E-state index contributed by atoms with van der Waals surface area (Å²) in [5.41, 5.74) is 0. The molecule has 0 spiro atoms. The van der Waals surface area contributed by atoms with Gasteiger partial charge < -0.3 is 4.74 Å². The molecule has 1 aliphatic carbocycles. The highest BCUT2D eigenvalue weighted by Crippen LogP contribution is 2.32. The van der Waals surface area contributed by atoms with Crippen LogP contribution in [0.15, 0.2) is 0 Å². The van der Waals surface area contributed by atoms with E-state index >= 15 is 0 Å². The van der Waals surface area contributed by atoms with E-state index in [1.807, 2.05) is 0 Å². The first-order valence-corrected chi connectivity index (χ1v) is 6.89. The fourth-order valence-corrected chi connectivity index (χ4v) is 3.30. The topological polar surface area (TPSA) is 12.2 Å². The second-order valence-corrected chi connectivity index (χ2v) is 5.92. The van der Waals surface area contributed by atoms with E-state index in [0.29, 0.717) is 18.0 Å². The maximum Gasteiger partial charge on any atom is 0.339 e. The molecule has 0 bridgehead atoms. The molecule has 0 amide bonds. The van der Waals surface area contributed by atoms with E-state index in [4.69, 9.17) is 4.74 Å². The Balaban J connectivity index is 2.20. The van der Waals surface area contributed by atoms with Gasteiger partial charge in [-0.05, 0) is 40.5 Å². The highest BCUT2D eigenvalue weighted by Gasteiger charge is 2.43. The molecule has 2 rings (SSSR count). The first-order valence-electron chi connectivity index (χ1n) is 6.89. The summed E-state index contributed by atoms with van der Waals surface area (Å²) in [6, 6.07) is 1.23. The number of nitrogens with zero attached hydrogens (tertiary/aromatic N) is 1. The molecule has 2 nitrogen and oxygen atoms in total. The van der Waals surface area contributed by atoms with E-state index in [1.165, 1.54) is 31.6 Å². The maximum absolute atomic E-state index is 5.96. The Labute approximate surface area is 99.7 Å². The minimum absolute atomic E-state index is 0.522. The molecule has 16 heavy (non-hydrogen) atoms. The van der Waals surface area contributed by atoms with Gasteiger partial charge in [-0.2, -0.15) is 4.58 Å². The van der Waals surface area contributed by atoms with Crippen LogP contribution in [0.2, 0.25) is 0 Å². The van der Waals surface area contributed by atoms with Gasteiger partial charge in [-0.3, -0.25) is 0 Å². The highest BCUT2D eigenvalue weighted by molar-refractivity contribution is 5.74. The summed E-state index contributed by atoms with van der Waals surface area (Å²) in [6.45, 7) is 9.98. The summed E-state index contributed by atoms with van der Waals surface area (Å²) in [6.07, 6.45) is 5.65. The van der Waals surface area contributed by atoms with Gasteiger partial charge in [0.15, 0.2) is 18.7 Å². The molecule has 0 radical (unpaired) electrons. The minimum atomic E-state index is 0.522. The molecular formula is C14H26NO+. The molecule has 0 aromatic rings. The first kappa shape index (κ1) is 11.9. The minimum Gasteiger partial charge on any atom is -0.441 e. The maximum atomic E-state index is 5.96. The Morgan fingerprint density at radius 1 is 1.12 bits per heavy atom. The van der Waals surface area contributed by atoms with Gasteiger partial charge in [0.1, 0.15) is 0 Å². The van der Waals surface area contributed by atoms with E-state index in [2.05, 4.69) is 32.3 Å². The van der Waals surface area contributed by atoms with Crippen LogP contribution < -0.4 is 0 Å². The molecule has 0 N–H and O–H groups in total. The molecular weight excluding hydrogens is 198 g/mol. The summed E-state index contributed by atoms with van der Waals surface area (Å²) in [5.74, 6) is 2.62. The van der Waals surface area contributed by atoms with Gasteiger partial charge >= 0.3 is 5.90 Å². The molecule has 1 saturated carbocycles. The Morgan fingerprint density at radius 3 is 2.25 bits per heavy atom. The summed E-state index contributed by atoms with van der Waals surface area (Å²) in [4.78, 5) is 0. The van der Waals surface area contributed by atoms with Gasteiger partial charge in [-0.15, -0.1) is 0 Å². The van der Waals surface area contributed by atoms with Crippen molar-refractivity contribution in [3.05, 3.63) is 0 Å². The van der Waals surface area contributed by atoms with E-state index in [-0.39, 0.29) is 0 Å². The molecule has 92 valence electrons. The van der Waals surface area contributed by atoms with Crippen LogP contribution >= 0.6 is 0 Å². The van der Waals surface area contributed by atoms with Crippen LogP contribution in [0.5, 0.6) is 0 Å². The molecule has 2 aliphatic rings. The van der Waals surface area contributed by atoms with Crippen molar-refractivity contribution in [2.75, 3.05) is 6.61 Å². The van der Waals surface area contributed by atoms with Crippen molar-refractivity contribution < 1.29 is 9.31 Å². The van der Waals surface area contributed by atoms with E-state index in [0.717, 1.165) is 12.5 Å². The summed E-state index contributed by atoms with van der Waals surface area (Å²) in [7, 11) is 0. The lowest BCUT2D eigenvalue weighted by molar-refractivity contribution is -0.594. The van der Waals surface area contributed by atoms with Gasteiger partial charge in [0.05, 0.1) is 5.92 Å². The normalized spacial score (nSPS) is 27.2. The Hall–Kier alpha value is -0.530. The van der Waals surface area contributed by atoms with E-state index in [9.17, 15) is 0 Å². The van der Waals surface area contributed by atoms with Crippen molar-refractivity contribution in [1.82, 2.24) is 0 Å². The van der Waals surface area contributed by atoms with Crippen molar-refractivity contribution >= 4 is 5.90 Å². The van der Waals surface area contributed by atoms with Crippen LogP contribution in [-0.2, 0) is 4.74 Å². The molecule has 0 unspecified atom stereocenters. The molecule has 1 atom stereocenters. The summed E-state index contributed by atoms with van der Waals surface area (Å²) < 4.78 is 8.51. The van der Waals surface area contributed by atoms with Crippen molar-refractivity contribution in [2.45, 2.75) is 65.5 Å². The van der Waals surface area contributed by atoms with Crippen molar-refractivity contribution in [3.8, 4) is 0 Å². The zero-order valence-electron chi connectivity index (χ0n) is 11.2. The fourth-order valence-electron chi connectivity index (χ4n) is 3.30. The molecule has 0 saturated heterocycles. The quantitative estimate of drug-likeness (QED) is 0.671. The molecule has 1 aliphatic heterocycles. The largest absolute Gasteiger partial charge is 0.441 e. The van der Waals surface area contributed by atoms with Crippen molar-refractivity contribution in [1.29, 1.82) is 0 Å². The van der Waals surface area contributed by atoms with Gasteiger partial charge in [-0.25, -0.2) is 0 Å². The predicted molar refractivity (Wildman–Crippen MR) is 66.9 cm³/mol. The standard InChI is InChI=1S/C14H26NO/c1-10(2)14-15(11(3)4)13(9-16-14)12-7-5-6-8-12/h10-13H,5-9H2,1-4H3/q+1/t13-/m1/s1. The highest BCUT2D eigenvalue weighted by atomic mass is 16.5. The SMILES string of the molecule is CC(C)C1=[N+](C(C)C)[C@@H](C2CCCC2)CO1. The second-order valence-electron chi connectivity index (χ2n) is 5.92. The Morgan fingerprint density at radius 2 is 1.75 bits per heavy atom. The lowest BCUT2D eigenvalue weighted by atomic mass is 9.97. The first-order chi connectivity index (χ1) is 7.61. The lowest BCUT2D eigenvalue weighted by Gasteiger charge is -2.17. The number of hydrogen-bond acceptors (Lipinski definition) is 1. The number of rotatable bonds is 3. The second kappa shape index (κ2) is 4.77. The van der Waals surface area contributed by atoms with E-state index in [1.54, 1.807) is 0 Å². The zero-order valence-corrected chi connectivity index (χ0v) is 11.2. The Bertz CT molecular complexity index is 274. The third-order valence-corrected chi connectivity index (χ3v) is 4.01. The number of ether oxygens (including phenoxy) is 1. The molecule has 0 aromatic heterocycles. The monoisotopic (exact) mass is 224 g/mol. The lowest BCUT2D eigenvalue weighted by Crippen LogP contribution is -2.37. The van der Waals surface area contributed by atoms with Gasteiger partial charge in [0.2, 0.25) is 0 Å². The average molecular weight is 224 g/mol. The van der Waals surface area contributed by atoms with Crippen LogP contribution in [0.25, 0.3) is 0 Å². The van der Waals surface area contributed by atoms with Crippen LogP contribution in [-0.4, -0.2) is 29.2 Å². The average Bonchev–Trinajstić information content (AvgIpc) is 2.85. The van der Waals surface area contributed by atoms with Crippen molar-refractivity contribution in [2.24, 2.45) is 11.8 Å². The fraction of sp³-hybridized carbons (Fsp3) is 0.929. The van der Waals surface area contributed by atoms with Gasteiger partial charge in [0, 0.05) is 5.92 Å². The zero-order chi connectivity index (χ0) is 11.7. The molecule has 2 heteroatoms. The van der Waals surface area contributed by atoms with E-state index < -0.39 is 0 Å². The third-order valence-electron chi connectivity index (χ3n) is 4.01. The molecule has 1 heterocycles. The predicted octanol–water partition coefficient (Wildman–Crippen LogP) is 3.05. The summed E-state index contributed by atoms with van der Waals surface area (Å²) in [5, 5.41) is 0. The van der Waals surface area contributed by atoms with Gasteiger partial charge in [0.25, 0.3) is 0 Å².